The van der Waals surface area contributed by atoms with Crippen molar-refractivity contribution in [3.05, 3.63) is 46.4 Å². The smallest absolute Gasteiger partial charge is 0.0298 e. The monoisotopic (exact) mass is 377 g/mol. The number of aryl methyl sites for hydroxylation is 2. The minimum atomic E-state index is 0. The summed E-state index contributed by atoms with van der Waals surface area (Å²) in [5.74, 6) is 2.15. The molecule has 16 heavy (non-hydrogen) atoms. The van der Waals surface area contributed by atoms with Gasteiger partial charge in [-0.15, -0.1) is 0 Å². The first-order valence-corrected chi connectivity index (χ1v) is 5.97. The zero-order chi connectivity index (χ0) is 10.4. The van der Waals surface area contributed by atoms with E-state index in [1.165, 1.54) is 36.3 Å². The maximum atomic E-state index is 2.44. The third kappa shape index (κ3) is 1.88. The van der Waals surface area contributed by atoms with E-state index in [0.29, 0.717) is 5.92 Å². The molecule has 3 rings (SSSR count). The predicted molar refractivity (Wildman–Crippen MR) is 64.7 cm³/mol. The van der Waals surface area contributed by atoms with Crippen LogP contribution in [0.5, 0.6) is 0 Å². The second kappa shape index (κ2) is 4.60. The maximum Gasteiger partial charge on any atom is 0.0298 e. The molecule has 0 spiro atoms. The van der Waals surface area contributed by atoms with Crippen LogP contribution in [0.1, 0.15) is 42.5 Å². The van der Waals surface area contributed by atoms with E-state index >= 15 is 0 Å². The van der Waals surface area contributed by atoms with Crippen LogP contribution >= 0.6 is 0 Å². The molecular formula is C15H17Hf. The summed E-state index contributed by atoms with van der Waals surface area (Å²) < 4.78 is 0. The summed E-state index contributed by atoms with van der Waals surface area (Å²) in [6.07, 6.45) is 8.49. The Morgan fingerprint density at radius 1 is 1.00 bits per heavy atom. The van der Waals surface area contributed by atoms with E-state index in [1.54, 1.807) is 11.1 Å². The summed E-state index contributed by atoms with van der Waals surface area (Å²) in [5.41, 5.74) is 6.11. The zero-order valence-corrected chi connectivity index (χ0v) is 13.6. The number of fused-ring (bicyclic) bond motifs is 2. The van der Waals surface area contributed by atoms with Crippen LogP contribution in [0.2, 0.25) is 0 Å². The minimum Gasteiger partial charge on any atom is -0.0719 e. The van der Waals surface area contributed by atoms with Crippen molar-refractivity contribution >= 4 is 6.08 Å². The van der Waals surface area contributed by atoms with Gasteiger partial charge in [-0.05, 0) is 47.4 Å². The Hall–Kier alpha value is -0.170. The molecule has 1 aromatic rings. The molecule has 0 fully saturated rings. The summed E-state index contributed by atoms with van der Waals surface area (Å²) in [4.78, 5) is 0. The molecule has 1 radical (unpaired) electrons. The fourth-order valence-electron chi connectivity index (χ4n) is 2.80. The molecule has 1 heteroatoms. The van der Waals surface area contributed by atoms with E-state index < -0.39 is 0 Å². The van der Waals surface area contributed by atoms with Gasteiger partial charge < -0.3 is 0 Å². The summed E-state index contributed by atoms with van der Waals surface area (Å²) in [7, 11) is 0. The molecule has 81 valence electrons. The van der Waals surface area contributed by atoms with Crippen LogP contribution < -0.4 is 0 Å². The van der Waals surface area contributed by atoms with Crippen molar-refractivity contribution in [1.29, 1.82) is 0 Å². The molecule has 0 unspecified atom stereocenters. The van der Waals surface area contributed by atoms with Gasteiger partial charge >= 0.3 is 0 Å². The summed E-state index contributed by atoms with van der Waals surface area (Å²) >= 11 is 0. The standard InChI is InChI=1S/C15H17.Hf/c1-10(2)14-7-6-13-8-11-4-3-5-12(11)9-15(13)14;/h6-10H,3-5H2,1-2H3;. The van der Waals surface area contributed by atoms with Gasteiger partial charge in [0.2, 0.25) is 0 Å². The summed E-state index contributed by atoms with van der Waals surface area (Å²) in [6, 6.07) is 4.84. The Bertz CT molecular complexity index is 429. The first-order valence-electron chi connectivity index (χ1n) is 5.97. The Balaban J connectivity index is 0.000000963. The summed E-state index contributed by atoms with van der Waals surface area (Å²) in [6.45, 7) is 4.56. The number of hydrogen-bond donors (Lipinski definition) is 0. The van der Waals surface area contributed by atoms with Crippen LogP contribution in [-0.4, -0.2) is 0 Å². The minimum absolute atomic E-state index is 0. The van der Waals surface area contributed by atoms with E-state index in [1.807, 2.05) is 0 Å². The molecule has 0 bridgehead atoms. The van der Waals surface area contributed by atoms with Crippen molar-refractivity contribution in [2.75, 3.05) is 0 Å². The van der Waals surface area contributed by atoms with Crippen LogP contribution in [0.3, 0.4) is 0 Å². The van der Waals surface area contributed by atoms with Gasteiger partial charge in [0.25, 0.3) is 0 Å². The predicted octanol–water partition coefficient (Wildman–Crippen LogP) is 3.78. The molecular weight excluding hydrogens is 359 g/mol. The van der Waals surface area contributed by atoms with E-state index in [-0.39, 0.29) is 25.8 Å². The Morgan fingerprint density at radius 3 is 2.38 bits per heavy atom. The van der Waals surface area contributed by atoms with E-state index in [4.69, 9.17) is 0 Å². The fourth-order valence-corrected chi connectivity index (χ4v) is 2.80. The number of allylic oxidation sites excluding steroid dienone is 1. The Morgan fingerprint density at radius 2 is 1.69 bits per heavy atom. The van der Waals surface area contributed by atoms with Crippen molar-refractivity contribution in [2.45, 2.75) is 33.1 Å². The van der Waals surface area contributed by atoms with Crippen LogP contribution in [0.15, 0.2) is 18.2 Å². The average molecular weight is 376 g/mol. The van der Waals surface area contributed by atoms with Crippen LogP contribution in [-0.2, 0) is 38.7 Å². The number of rotatable bonds is 1. The molecule has 2 aliphatic rings. The van der Waals surface area contributed by atoms with Crippen molar-refractivity contribution in [3.63, 3.8) is 0 Å². The van der Waals surface area contributed by atoms with Gasteiger partial charge in [-0.1, -0.05) is 38.1 Å². The third-order valence-electron chi connectivity index (χ3n) is 3.64. The van der Waals surface area contributed by atoms with Crippen molar-refractivity contribution in [3.8, 4) is 0 Å². The van der Waals surface area contributed by atoms with E-state index in [2.05, 4.69) is 38.1 Å². The van der Waals surface area contributed by atoms with Gasteiger partial charge in [0.1, 0.15) is 0 Å². The first kappa shape index (κ1) is 12.3. The number of benzene rings is 1. The van der Waals surface area contributed by atoms with Crippen molar-refractivity contribution in [2.24, 2.45) is 5.92 Å². The molecule has 2 aliphatic carbocycles. The Kier molecular flexibility index (Phi) is 3.53. The van der Waals surface area contributed by atoms with Gasteiger partial charge in [0.05, 0.1) is 0 Å². The molecule has 0 nitrogen and oxygen atoms in total. The van der Waals surface area contributed by atoms with Gasteiger partial charge in [-0.3, -0.25) is 0 Å². The number of hydrogen-bond acceptors (Lipinski definition) is 0. The van der Waals surface area contributed by atoms with Gasteiger partial charge in [0.15, 0.2) is 0 Å². The zero-order valence-electron chi connectivity index (χ0n) is 10.0. The molecule has 0 saturated carbocycles. The third-order valence-corrected chi connectivity index (χ3v) is 3.64. The Labute approximate surface area is 117 Å². The average Bonchev–Trinajstić information content (AvgIpc) is 2.77. The van der Waals surface area contributed by atoms with Crippen molar-refractivity contribution in [1.82, 2.24) is 0 Å². The largest absolute Gasteiger partial charge is 0.0719 e. The molecule has 0 amide bonds. The van der Waals surface area contributed by atoms with Gasteiger partial charge in [0, 0.05) is 31.8 Å². The van der Waals surface area contributed by atoms with Crippen molar-refractivity contribution < 1.29 is 25.8 Å². The normalized spacial score (nSPS) is 17.4. The molecule has 0 N–H and O–H groups in total. The molecule has 0 aromatic heterocycles. The molecule has 0 aliphatic heterocycles. The summed E-state index contributed by atoms with van der Waals surface area (Å²) in [5, 5.41) is 0. The fraction of sp³-hybridized carbons (Fsp3) is 0.400. The van der Waals surface area contributed by atoms with Gasteiger partial charge in [-0.2, -0.15) is 0 Å². The van der Waals surface area contributed by atoms with Gasteiger partial charge in [-0.25, -0.2) is 0 Å². The molecule has 0 atom stereocenters. The van der Waals surface area contributed by atoms with E-state index in [9.17, 15) is 0 Å². The van der Waals surface area contributed by atoms with E-state index in [0.717, 1.165) is 0 Å². The quantitative estimate of drug-likeness (QED) is 0.655. The molecule has 1 aromatic carbocycles. The maximum absolute atomic E-state index is 2.44. The molecule has 0 saturated heterocycles. The SMILES string of the molecule is CC(C)[C]1C=Cc2cc3c(cc21)CCC3.[Hf]. The second-order valence-corrected chi connectivity index (χ2v) is 5.01. The topological polar surface area (TPSA) is 0 Å². The van der Waals surface area contributed by atoms with Crippen LogP contribution in [0.4, 0.5) is 0 Å². The second-order valence-electron chi connectivity index (χ2n) is 5.01. The van der Waals surface area contributed by atoms with Crippen LogP contribution in [0.25, 0.3) is 6.08 Å². The first-order chi connectivity index (χ1) is 7.25. The van der Waals surface area contributed by atoms with Crippen LogP contribution in [0, 0.1) is 11.8 Å². The molecule has 0 heterocycles.